The molecule has 5 rings (SSSR count). The molecule has 258 valence electrons. The van der Waals surface area contributed by atoms with Gasteiger partial charge in [-0.05, 0) is 56.6 Å². The van der Waals surface area contributed by atoms with E-state index >= 15 is 8.78 Å². The van der Waals surface area contributed by atoms with E-state index in [-0.39, 0.29) is 34.7 Å². The van der Waals surface area contributed by atoms with E-state index in [2.05, 4.69) is 11.0 Å². The van der Waals surface area contributed by atoms with Gasteiger partial charge in [0.1, 0.15) is 11.6 Å². The van der Waals surface area contributed by atoms with Gasteiger partial charge >= 0.3 is 6.18 Å². The first kappa shape index (κ1) is 35.5. The van der Waals surface area contributed by atoms with Crippen LogP contribution < -0.4 is 10.3 Å². The summed E-state index contributed by atoms with van der Waals surface area (Å²) in [5.74, 6) is -1.61. The molecule has 1 fully saturated rings. The highest BCUT2D eigenvalue weighted by molar-refractivity contribution is 5.85. The number of methoxy groups -OCH3 is 1. The van der Waals surface area contributed by atoms with Crippen molar-refractivity contribution >= 4 is 22.5 Å². The van der Waals surface area contributed by atoms with Crippen molar-refractivity contribution in [1.82, 2.24) is 9.47 Å². The second-order valence-electron chi connectivity index (χ2n) is 12.3. The zero-order chi connectivity index (χ0) is 35.3. The molecule has 1 saturated heterocycles. The van der Waals surface area contributed by atoms with Gasteiger partial charge in [-0.25, -0.2) is 13.8 Å². The van der Waals surface area contributed by atoms with Gasteiger partial charge in [-0.2, -0.15) is 18.4 Å². The number of alkyl halides is 3. The quantitative estimate of drug-likeness (QED) is 0.0744. The van der Waals surface area contributed by atoms with Gasteiger partial charge in [0.2, 0.25) is 0 Å². The molecule has 0 amide bonds. The number of halogens is 5. The Morgan fingerprint density at radius 2 is 1.73 bits per heavy atom. The number of aromatic nitrogens is 1. The summed E-state index contributed by atoms with van der Waals surface area (Å²) in [6.45, 7) is 3.98. The first-order valence-electron chi connectivity index (χ1n) is 16.1. The topological polar surface area (TPSA) is 73.9 Å². The summed E-state index contributed by atoms with van der Waals surface area (Å²) in [7, 11) is 3.45. The number of piperazine rings is 1. The molecule has 4 aromatic rings. The predicted octanol–water partition coefficient (Wildman–Crippen LogP) is 7.68. The number of nitrogens with zero attached hydrogens (tertiary/aromatic N) is 5. The van der Waals surface area contributed by atoms with Crippen molar-refractivity contribution in [2.75, 3.05) is 45.2 Å². The normalized spacial score (nSPS) is 15.7. The lowest BCUT2D eigenvalue weighted by molar-refractivity contribution is -0.137. The monoisotopic (exact) mass is 679 g/mol. The Morgan fingerprint density at radius 3 is 2.37 bits per heavy atom. The number of nitriles is 1. The van der Waals surface area contributed by atoms with Gasteiger partial charge in [0.15, 0.2) is 11.3 Å². The van der Waals surface area contributed by atoms with Crippen molar-refractivity contribution in [3.05, 3.63) is 111 Å². The molecule has 0 spiro atoms. The zero-order valence-electron chi connectivity index (χ0n) is 27.6. The number of hydrogen-bond donors (Lipinski definition) is 0. The van der Waals surface area contributed by atoms with E-state index in [9.17, 15) is 18.0 Å². The third-order valence-electron chi connectivity index (χ3n) is 9.00. The zero-order valence-corrected chi connectivity index (χ0v) is 27.6. The number of likely N-dealkylation sites (N-methyl/N-ethyl adjacent to an activating group) is 1. The van der Waals surface area contributed by atoms with Crippen LogP contribution in [0.5, 0.6) is 0 Å². The molecule has 0 radical (unpaired) electrons. The summed E-state index contributed by atoms with van der Waals surface area (Å²) in [6, 6.07) is 15.9. The molecule has 49 heavy (non-hydrogen) atoms. The molecule has 1 aliphatic rings. The number of rotatable bonds is 10. The van der Waals surface area contributed by atoms with Gasteiger partial charge in [-0.1, -0.05) is 36.4 Å². The first-order valence-corrected chi connectivity index (χ1v) is 16.1. The van der Waals surface area contributed by atoms with E-state index in [4.69, 9.17) is 15.0 Å². The molecule has 0 bridgehead atoms. The highest BCUT2D eigenvalue weighted by Gasteiger charge is 2.31. The van der Waals surface area contributed by atoms with Crippen molar-refractivity contribution in [1.29, 1.82) is 5.26 Å². The van der Waals surface area contributed by atoms with Crippen LogP contribution in [0.25, 0.3) is 10.9 Å². The van der Waals surface area contributed by atoms with Crippen LogP contribution in [0.3, 0.4) is 0 Å². The SMILES string of the molecule is COC(=NC(C)c1cn(Cc2ccc(C(F)(F)F)cc2F)c2cc(N3CCN(C)CC3)c(F)cc2c1=O)C(CCCC#N)c1ccccc1. The third kappa shape index (κ3) is 8.11. The van der Waals surface area contributed by atoms with E-state index in [1.165, 1.54) is 19.4 Å². The molecule has 1 aliphatic heterocycles. The maximum atomic E-state index is 15.8. The van der Waals surface area contributed by atoms with Crippen LogP contribution in [-0.4, -0.2) is 55.7 Å². The average molecular weight is 680 g/mol. The summed E-state index contributed by atoms with van der Waals surface area (Å²) in [4.78, 5) is 22.9. The van der Waals surface area contributed by atoms with E-state index in [1.807, 2.05) is 42.3 Å². The molecule has 2 unspecified atom stereocenters. The smallest absolute Gasteiger partial charge is 0.416 e. The summed E-state index contributed by atoms with van der Waals surface area (Å²) in [5.41, 5.74) is 0.0531. The van der Waals surface area contributed by atoms with Crippen molar-refractivity contribution in [2.45, 2.75) is 50.9 Å². The molecule has 0 saturated carbocycles. The predicted molar refractivity (Wildman–Crippen MR) is 180 cm³/mol. The van der Waals surface area contributed by atoms with Crippen molar-refractivity contribution in [3.8, 4) is 6.07 Å². The van der Waals surface area contributed by atoms with Crippen molar-refractivity contribution in [3.63, 3.8) is 0 Å². The van der Waals surface area contributed by atoms with Crippen LogP contribution in [0.2, 0.25) is 0 Å². The van der Waals surface area contributed by atoms with Crippen molar-refractivity contribution < 1.29 is 26.7 Å². The summed E-state index contributed by atoms with van der Waals surface area (Å²) < 4.78 is 78.2. The van der Waals surface area contributed by atoms with E-state index in [0.29, 0.717) is 62.9 Å². The number of aliphatic imine (C=N–C) groups is 1. The molecule has 3 aromatic carbocycles. The fourth-order valence-electron chi connectivity index (χ4n) is 6.22. The van der Waals surface area contributed by atoms with E-state index in [1.54, 1.807) is 17.6 Å². The summed E-state index contributed by atoms with van der Waals surface area (Å²) >= 11 is 0. The highest BCUT2D eigenvalue weighted by atomic mass is 19.4. The Hall–Kier alpha value is -4.76. The van der Waals surface area contributed by atoms with E-state index in [0.717, 1.165) is 17.7 Å². The van der Waals surface area contributed by atoms with Crippen molar-refractivity contribution in [2.24, 2.45) is 4.99 Å². The largest absolute Gasteiger partial charge is 0.484 e. The number of pyridine rings is 1. The molecular weight excluding hydrogens is 641 g/mol. The molecule has 2 atom stereocenters. The number of fused-ring (bicyclic) bond motifs is 1. The number of hydrogen-bond acceptors (Lipinski definition) is 6. The number of unbranched alkanes of at least 4 members (excludes halogenated alkanes) is 1. The minimum absolute atomic E-state index is 0.0369. The Kier molecular flexibility index (Phi) is 11.0. The van der Waals surface area contributed by atoms with Crippen LogP contribution in [0.15, 0.2) is 76.6 Å². The van der Waals surface area contributed by atoms with Crippen LogP contribution in [-0.2, 0) is 17.5 Å². The molecule has 7 nitrogen and oxygen atoms in total. The van der Waals surface area contributed by atoms with Gasteiger partial charge in [0.05, 0.1) is 48.5 Å². The van der Waals surface area contributed by atoms with Gasteiger partial charge in [-0.15, -0.1) is 0 Å². The number of benzene rings is 3. The third-order valence-corrected chi connectivity index (χ3v) is 9.00. The fraction of sp³-hybridized carbons (Fsp3) is 0.378. The Labute approximate surface area is 281 Å². The molecule has 2 heterocycles. The van der Waals surface area contributed by atoms with Crippen LogP contribution in [0, 0.1) is 23.0 Å². The number of anilines is 1. The maximum Gasteiger partial charge on any atom is 0.416 e. The van der Waals surface area contributed by atoms with Gasteiger partial charge in [0.25, 0.3) is 0 Å². The van der Waals surface area contributed by atoms with Gasteiger partial charge < -0.3 is 19.1 Å². The second kappa shape index (κ2) is 15.2. The van der Waals surface area contributed by atoms with Crippen LogP contribution in [0.1, 0.15) is 60.4 Å². The highest BCUT2D eigenvalue weighted by Crippen LogP contribution is 2.32. The lowest BCUT2D eigenvalue weighted by atomic mass is 9.93. The second-order valence-corrected chi connectivity index (χ2v) is 12.3. The fourth-order valence-corrected chi connectivity index (χ4v) is 6.22. The molecular formula is C37H38F5N5O2. The number of ether oxygens (including phenoxy) is 1. The van der Waals surface area contributed by atoms with Gasteiger partial charge in [-0.3, -0.25) is 4.79 Å². The minimum Gasteiger partial charge on any atom is -0.484 e. The lowest BCUT2D eigenvalue weighted by Crippen LogP contribution is -2.44. The summed E-state index contributed by atoms with van der Waals surface area (Å²) in [6.07, 6.45) is -1.71. The average Bonchev–Trinajstić information content (AvgIpc) is 3.08. The molecule has 0 N–H and O–H groups in total. The first-order chi connectivity index (χ1) is 23.4. The minimum atomic E-state index is -4.72. The molecule has 12 heteroatoms. The Morgan fingerprint density at radius 1 is 1.02 bits per heavy atom. The van der Waals surface area contributed by atoms with Gasteiger partial charge in [0, 0.05) is 55.3 Å². The Balaban J connectivity index is 1.63. The molecule has 1 aromatic heterocycles. The van der Waals surface area contributed by atoms with Crippen LogP contribution >= 0.6 is 0 Å². The summed E-state index contributed by atoms with van der Waals surface area (Å²) in [5, 5.41) is 9.16. The van der Waals surface area contributed by atoms with Crippen LogP contribution in [0.4, 0.5) is 27.6 Å². The standard InChI is InChI=1S/C37H38F5N5O2/c1-24(44-36(49-3)28(11-7-8-14-43)25-9-5-4-6-10-25)30-23-47(22-26-12-13-27(19-31(26)38)37(40,41)42)33-21-34(32(39)20-29(33)35(30)48)46-17-15-45(2)16-18-46/h4-6,9-10,12-13,19-21,23-24,28H,7-8,11,15-18,22H2,1-3H3. The maximum absolute atomic E-state index is 15.8. The Bertz CT molecular complexity index is 1910. The lowest BCUT2D eigenvalue weighted by Gasteiger charge is -2.34. The molecule has 0 aliphatic carbocycles. The van der Waals surface area contributed by atoms with E-state index < -0.39 is 34.8 Å².